The van der Waals surface area contributed by atoms with E-state index in [0.717, 1.165) is 0 Å². The molecule has 0 N–H and O–H groups in total. The molecule has 0 radical (unpaired) electrons. The molecular weight excluding hydrogens is 384 g/mol. The van der Waals surface area contributed by atoms with Gasteiger partial charge in [0.15, 0.2) is 5.65 Å². The largest absolute Gasteiger partial charge is 0.479 e. The van der Waals surface area contributed by atoms with Gasteiger partial charge in [-0.05, 0) is 6.92 Å². The second-order valence-corrected chi connectivity index (χ2v) is 7.60. The van der Waals surface area contributed by atoms with Crippen LogP contribution in [0, 0.1) is 12.3 Å². The van der Waals surface area contributed by atoms with Crippen LogP contribution in [0.25, 0.3) is 16.7 Å². The van der Waals surface area contributed by atoms with Crippen molar-refractivity contribution in [1.29, 1.82) is 0 Å². The standard InChI is InChI=1S/C18H21F2N7O2/c1-10-22-13-11(14(23-10)26-8-17(2,3)18(19,20)9-26)7-27(25-13)12-6-21-16(29-5)24-15(12)28-4/h6-7H,8-9H2,1-5H3. The third-order valence-corrected chi connectivity index (χ3v) is 5.07. The fraction of sp³-hybridized carbons (Fsp3) is 0.500. The number of halogens is 2. The Morgan fingerprint density at radius 1 is 1.07 bits per heavy atom. The predicted molar refractivity (Wildman–Crippen MR) is 101 cm³/mol. The molecule has 0 bridgehead atoms. The summed E-state index contributed by atoms with van der Waals surface area (Å²) >= 11 is 0. The third-order valence-electron chi connectivity index (χ3n) is 5.07. The monoisotopic (exact) mass is 405 g/mol. The van der Waals surface area contributed by atoms with E-state index in [1.54, 1.807) is 31.9 Å². The van der Waals surface area contributed by atoms with Crippen molar-refractivity contribution in [3.63, 3.8) is 0 Å². The van der Waals surface area contributed by atoms with E-state index in [1.165, 1.54) is 25.1 Å². The lowest BCUT2D eigenvalue weighted by atomic mass is 9.89. The van der Waals surface area contributed by atoms with Crippen molar-refractivity contribution in [2.24, 2.45) is 5.41 Å². The summed E-state index contributed by atoms with van der Waals surface area (Å²) in [7, 11) is 2.92. The second-order valence-electron chi connectivity index (χ2n) is 7.60. The minimum Gasteiger partial charge on any atom is -0.479 e. The number of aromatic nitrogens is 6. The lowest BCUT2D eigenvalue weighted by Crippen LogP contribution is -2.34. The molecule has 11 heteroatoms. The SMILES string of the molecule is COc1ncc(-n2cc3c(N4CC(C)(C)C(F)(F)C4)nc(C)nc3n2)c(OC)n1. The molecule has 0 unspecified atom stereocenters. The molecular formula is C18H21F2N7O2. The molecule has 0 aliphatic carbocycles. The summed E-state index contributed by atoms with van der Waals surface area (Å²) in [5.74, 6) is -1.70. The molecule has 29 heavy (non-hydrogen) atoms. The average Bonchev–Trinajstić information content (AvgIpc) is 3.17. The van der Waals surface area contributed by atoms with Crippen molar-refractivity contribution < 1.29 is 18.3 Å². The van der Waals surface area contributed by atoms with Crippen molar-refractivity contribution in [1.82, 2.24) is 29.7 Å². The first-order chi connectivity index (χ1) is 13.6. The number of fused-ring (bicyclic) bond motifs is 1. The van der Waals surface area contributed by atoms with Crippen LogP contribution in [0.1, 0.15) is 19.7 Å². The van der Waals surface area contributed by atoms with E-state index < -0.39 is 17.9 Å². The normalized spacial score (nSPS) is 17.7. The zero-order chi connectivity index (χ0) is 21.0. The van der Waals surface area contributed by atoms with E-state index >= 15 is 0 Å². The van der Waals surface area contributed by atoms with Crippen molar-refractivity contribution >= 4 is 16.9 Å². The van der Waals surface area contributed by atoms with E-state index in [1.807, 2.05) is 0 Å². The van der Waals surface area contributed by atoms with Gasteiger partial charge in [0.05, 0.1) is 32.3 Å². The van der Waals surface area contributed by atoms with Crippen molar-refractivity contribution in [2.75, 3.05) is 32.2 Å². The van der Waals surface area contributed by atoms with E-state index in [0.29, 0.717) is 28.4 Å². The molecule has 0 saturated carbocycles. The summed E-state index contributed by atoms with van der Waals surface area (Å²) in [4.78, 5) is 18.6. The molecule has 0 spiro atoms. The zero-order valence-electron chi connectivity index (χ0n) is 16.8. The number of nitrogens with zero attached hydrogens (tertiary/aromatic N) is 7. The van der Waals surface area contributed by atoms with Gasteiger partial charge >= 0.3 is 6.01 Å². The van der Waals surface area contributed by atoms with Gasteiger partial charge in [-0.2, -0.15) is 4.98 Å². The van der Waals surface area contributed by atoms with Crippen LogP contribution in [0.2, 0.25) is 0 Å². The highest BCUT2D eigenvalue weighted by atomic mass is 19.3. The second kappa shape index (κ2) is 6.46. The summed E-state index contributed by atoms with van der Waals surface area (Å²) in [6.07, 6.45) is 3.17. The smallest absolute Gasteiger partial charge is 0.319 e. The van der Waals surface area contributed by atoms with Crippen LogP contribution in [0.5, 0.6) is 11.9 Å². The summed E-state index contributed by atoms with van der Waals surface area (Å²) < 4.78 is 40.7. The Labute approximate surface area is 165 Å². The number of ether oxygens (including phenoxy) is 2. The van der Waals surface area contributed by atoms with Crippen LogP contribution in [0.15, 0.2) is 12.4 Å². The predicted octanol–water partition coefficient (Wildman–Crippen LogP) is 2.41. The van der Waals surface area contributed by atoms with E-state index in [-0.39, 0.29) is 18.4 Å². The topological polar surface area (TPSA) is 91.1 Å². The molecule has 0 aromatic carbocycles. The summed E-state index contributed by atoms with van der Waals surface area (Å²) in [5.41, 5.74) is -0.318. The van der Waals surface area contributed by atoms with Crippen LogP contribution in [0.3, 0.4) is 0 Å². The van der Waals surface area contributed by atoms with Gasteiger partial charge in [0.25, 0.3) is 5.92 Å². The maximum Gasteiger partial charge on any atom is 0.319 e. The number of rotatable bonds is 4. The summed E-state index contributed by atoms with van der Waals surface area (Å²) in [6.45, 7) is 4.58. The molecule has 154 valence electrons. The first-order valence-corrected chi connectivity index (χ1v) is 8.97. The van der Waals surface area contributed by atoms with Crippen molar-refractivity contribution in [3.05, 3.63) is 18.2 Å². The minimum absolute atomic E-state index is 0.153. The molecule has 1 aliphatic rings. The van der Waals surface area contributed by atoms with Gasteiger partial charge in [0.1, 0.15) is 17.3 Å². The van der Waals surface area contributed by atoms with Crippen molar-refractivity contribution in [3.8, 4) is 17.6 Å². The van der Waals surface area contributed by atoms with Gasteiger partial charge in [-0.1, -0.05) is 13.8 Å². The number of methoxy groups -OCH3 is 2. The van der Waals surface area contributed by atoms with Crippen molar-refractivity contribution in [2.45, 2.75) is 26.7 Å². The van der Waals surface area contributed by atoms with Gasteiger partial charge in [-0.15, -0.1) is 5.10 Å². The zero-order valence-corrected chi connectivity index (χ0v) is 16.8. The molecule has 3 aromatic rings. The van der Waals surface area contributed by atoms with Gasteiger partial charge in [0, 0.05) is 18.2 Å². The van der Waals surface area contributed by atoms with Crippen LogP contribution in [-0.2, 0) is 0 Å². The van der Waals surface area contributed by atoms with Crippen LogP contribution < -0.4 is 14.4 Å². The Morgan fingerprint density at radius 2 is 1.83 bits per heavy atom. The first kappa shape index (κ1) is 19.2. The molecule has 0 amide bonds. The van der Waals surface area contributed by atoms with Gasteiger partial charge in [-0.25, -0.2) is 28.4 Å². The quantitative estimate of drug-likeness (QED) is 0.654. The molecule has 1 saturated heterocycles. The van der Waals surface area contributed by atoms with Gasteiger partial charge in [0.2, 0.25) is 5.88 Å². The van der Waals surface area contributed by atoms with E-state index in [2.05, 4.69) is 25.0 Å². The molecule has 1 aliphatic heterocycles. The Hall–Kier alpha value is -3.11. The summed E-state index contributed by atoms with van der Waals surface area (Å²) in [6, 6.07) is 0.153. The van der Waals surface area contributed by atoms with Gasteiger partial charge in [-0.3, -0.25) is 0 Å². The number of hydrogen-bond acceptors (Lipinski definition) is 8. The minimum atomic E-state index is -2.83. The highest BCUT2D eigenvalue weighted by Crippen LogP contribution is 2.45. The lowest BCUT2D eigenvalue weighted by Gasteiger charge is -2.24. The fourth-order valence-electron chi connectivity index (χ4n) is 3.36. The van der Waals surface area contributed by atoms with Crippen LogP contribution in [-0.4, -0.2) is 62.9 Å². The molecule has 1 fully saturated rings. The van der Waals surface area contributed by atoms with Crippen LogP contribution in [0.4, 0.5) is 14.6 Å². The van der Waals surface area contributed by atoms with Gasteiger partial charge < -0.3 is 14.4 Å². The van der Waals surface area contributed by atoms with Crippen LogP contribution >= 0.6 is 0 Å². The Morgan fingerprint density at radius 3 is 2.45 bits per heavy atom. The number of anilines is 1. The highest BCUT2D eigenvalue weighted by Gasteiger charge is 2.54. The fourth-order valence-corrected chi connectivity index (χ4v) is 3.36. The number of alkyl halides is 2. The maximum atomic E-state index is 14.4. The van der Waals surface area contributed by atoms with E-state index in [4.69, 9.17) is 9.47 Å². The molecule has 4 rings (SSSR count). The molecule has 4 heterocycles. The third kappa shape index (κ3) is 3.10. The summed E-state index contributed by atoms with van der Waals surface area (Å²) in [5, 5.41) is 5.02. The molecule has 3 aromatic heterocycles. The highest BCUT2D eigenvalue weighted by molar-refractivity contribution is 5.87. The Balaban J connectivity index is 1.83. The average molecular weight is 405 g/mol. The maximum absolute atomic E-state index is 14.4. The number of hydrogen-bond donors (Lipinski definition) is 0. The molecule has 9 nitrogen and oxygen atoms in total. The molecule has 0 atom stereocenters. The Bertz CT molecular complexity index is 1070. The Kier molecular flexibility index (Phi) is 4.28. The first-order valence-electron chi connectivity index (χ1n) is 8.97. The lowest BCUT2D eigenvalue weighted by molar-refractivity contribution is -0.0642. The van der Waals surface area contributed by atoms with E-state index in [9.17, 15) is 8.78 Å². The number of aryl methyl sites for hydroxylation is 1.